The fourth-order valence-electron chi connectivity index (χ4n) is 4.29. The van der Waals surface area contributed by atoms with Crippen LogP contribution in [0.25, 0.3) is 0 Å². The van der Waals surface area contributed by atoms with Gasteiger partial charge in [-0.15, -0.1) is 22.7 Å². The summed E-state index contributed by atoms with van der Waals surface area (Å²) >= 11 is 1.07. The number of quaternary nitrogens is 1. The standard InChI is InChI=1S/C19H22NO4S2/c1-20(2)12-9-11(10-13(20)17-16(12)24-17)23-18(21)19(22,14-5-3-7-25-14)15-6-4-8-26-15/h3-8,11-13,16-17,22H,9-10H2,1-2H3/q+1/i3D,4D,5D,6D,7D,8D,11D. The number of fused-ring (bicyclic) bond motifs is 5. The molecule has 138 valence electrons. The largest absolute Gasteiger partial charge is 0.459 e. The molecule has 4 atom stereocenters. The number of hydrogen-bond acceptors (Lipinski definition) is 6. The van der Waals surface area contributed by atoms with Crippen LogP contribution in [0.4, 0.5) is 0 Å². The van der Waals surface area contributed by atoms with E-state index >= 15 is 0 Å². The lowest BCUT2D eigenvalue weighted by atomic mass is 9.95. The highest BCUT2D eigenvalue weighted by molar-refractivity contribution is 7.12. The second-order valence-corrected chi connectivity index (χ2v) is 9.08. The zero-order chi connectivity index (χ0) is 24.2. The highest BCUT2D eigenvalue weighted by Gasteiger charge is 2.71. The summed E-state index contributed by atoms with van der Waals surface area (Å²) in [5, 5.41) is 11.0. The van der Waals surface area contributed by atoms with Gasteiger partial charge in [-0.3, -0.25) is 0 Å². The fraction of sp³-hybridized carbons (Fsp3) is 0.526. The minimum Gasteiger partial charge on any atom is -0.459 e. The van der Waals surface area contributed by atoms with E-state index in [-0.39, 0.29) is 57.6 Å². The molecular weight excluding hydrogens is 370 g/mol. The number of ether oxygens (including phenoxy) is 2. The van der Waals surface area contributed by atoms with Gasteiger partial charge >= 0.3 is 5.97 Å². The van der Waals surface area contributed by atoms with E-state index < -0.39 is 41.8 Å². The van der Waals surface area contributed by atoms with Crippen LogP contribution in [0, 0.1) is 0 Å². The molecule has 3 aliphatic heterocycles. The zero-order valence-electron chi connectivity index (χ0n) is 21.2. The van der Waals surface area contributed by atoms with Crippen LogP contribution in [-0.4, -0.2) is 60.0 Å². The van der Waals surface area contributed by atoms with Gasteiger partial charge in [0, 0.05) is 12.8 Å². The van der Waals surface area contributed by atoms with Gasteiger partial charge in [-0.25, -0.2) is 4.79 Å². The number of carbonyl (C=O) groups is 1. The SMILES string of the molecule is [2H]c1sc(C(O)(C(=O)OC2([2H])CC3C4OC4C(C2)[N+]3(C)C)c2sc([2H])c([2H])c2[2H])c([2H])c1[2H]. The number of morpholine rings is 1. The van der Waals surface area contributed by atoms with Crippen molar-refractivity contribution in [3.05, 3.63) is 44.6 Å². The van der Waals surface area contributed by atoms with Crippen LogP contribution in [0.15, 0.2) is 34.9 Å². The van der Waals surface area contributed by atoms with E-state index in [1.165, 1.54) is 0 Å². The molecule has 0 spiro atoms. The lowest BCUT2D eigenvalue weighted by molar-refractivity contribution is -0.938. The highest BCUT2D eigenvalue weighted by Crippen LogP contribution is 2.52. The second kappa shape index (κ2) is 5.62. The van der Waals surface area contributed by atoms with E-state index in [1.807, 2.05) is 0 Å². The number of nitrogens with zero attached hydrogens (tertiary/aromatic N) is 1. The van der Waals surface area contributed by atoms with Crippen molar-refractivity contribution >= 4 is 28.6 Å². The van der Waals surface area contributed by atoms with Crippen LogP contribution in [-0.2, 0) is 19.9 Å². The van der Waals surface area contributed by atoms with E-state index in [4.69, 9.17) is 19.1 Å². The molecule has 2 aromatic rings. The van der Waals surface area contributed by atoms with E-state index in [0.717, 1.165) is 0 Å². The molecule has 7 heteroatoms. The van der Waals surface area contributed by atoms with Crippen LogP contribution in [0.1, 0.15) is 32.2 Å². The molecule has 3 aliphatic rings. The first kappa shape index (κ1) is 10.9. The summed E-state index contributed by atoms with van der Waals surface area (Å²) in [5.41, 5.74) is -2.78. The van der Waals surface area contributed by atoms with Crippen molar-refractivity contribution in [2.24, 2.45) is 0 Å². The van der Waals surface area contributed by atoms with Crippen molar-refractivity contribution in [2.45, 2.75) is 48.8 Å². The Bertz CT molecular complexity index is 1110. The Kier molecular flexibility index (Phi) is 2.36. The van der Waals surface area contributed by atoms with Gasteiger partial charge in [-0.2, -0.15) is 0 Å². The van der Waals surface area contributed by atoms with Gasteiger partial charge in [-0.05, 0) is 22.8 Å². The lowest BCUT2D eigenvalue weighted by Crippen LogP contribution is -2.60. The Balaban J connectivity index is 1.56. The number of esters is 1. The third kappa shape index (κ3) is 2.28. The molecule has 0 aromatic carbocycles. The number of carbonyl (C=O) groups excluding carboxylic acids is 1. The molecule has 5 heterocycles. The van der Waals surface area contributed by atoms with Crippen molar-refractivity contribution < 1.29 is 33.5 Å². The lowest BCUT2D eigenvalue weighted by Gasteiger charge is -2.45. The number of rotatable bonds is 4. The number of aliphatic hydroxyl groups is 1. The fourth-order valence-corrected chi connectivity index (χ4v) is 5.63. The van der Waals surface area contributed by atoms with E-state index in [9.17, 15) is 9.90 Å². The van der Waals surface area contributed by atoms with Crippen LogP contribution in [0.5, 0.6) is 0 Å². The number of piperidine rings is 1. The van der Waals surface area contributed by atoms with E-state index in [0.29, 0.717) is 27.2 Å². The van der Waals surface area contributed by atoms with Gasteiger partial charge in [0.05, 0.1) is 33.4 Å². The van der Waals surface area contributed by atoms with Crippen LogP contribution >= 0.6 is 22.7 Å². The maximum atomic E-state index is 13.5. The zero-order valence-corrected chi connectivity index (χ0v) is 15.8. The molecule has 3 saturated heterocycles. The predicted molar refractivity (Wildman–Crippen MR) is 99.1 cm³/mol. The van der Waals surface area contributed by atoms with Gasteiger partial charge in [0.25, 0.3) is 0 Å². The van der Waals surface area contributed by atoms with Gasteiger partial charge in [0.2, 0.25) is 5.60 Å². The molecule has 5 nitrogen and oxygen atoms in total. The number of hydrogen-bond donors (Lipinski definition) is 1. The minimum absolute atomic E-state index is 0.00224. The molecule has 0 saturated carbocycles. The number of thiophene rings is 2. The smallest absolute Gasteiger partial charge is 0.349 e. The summed E-state index contributed by atoms with van der Waals surface area (Å²) in [4.78, 5) is 12.8. The van der Waals surface area contributed by atoms with Crippen LogP contribution in [0.3, 0.4) is 0 Å². The summed E-state index contributed by atoms with van der Waals surface area (Å²) in [6.07, 6.45) is -1.33. The molecule has 26 heavy (non-hydrogen) atoms. The maximum absolute atomic E-state index is 13.5. The van der Waals surface area contributed by atoms with Gasteiger partial charge in [0.1, 0.15) is 30.4 Å². The Labute approximate surface area is 170 Å². The third-order valence-corrected chi connectivity index (χ3v) is 7.46. The van der Waals surface area contributed by atoms with Crippen LogP contribution < -0.4 is 0 Å². The monoisotopic (exact) mass is 399 g/mol. The summed E-state index contributed by atoms with van der Waals surface area (Å²) < 4.78 is 68.7. The Hall–Kier alpha value is -1.25. The molecule has 2 bridgehead atoms. The first-order chi connectivity index (χ1) is 15.2. The Morgan fingerprint density at radius 1 is 1.27 bits per heavy atom. The molecule has 0 radical (unpaired) electrons. The van der Waals surface area contributed by atoms with Crippen molar-refractivity contribution in [1.82, 2.24) is 0 Å². The van der Waals surface area contributed by atoms with Gasteiger partial charge in [-0.1, -0.05) is 12.1 Å². The third-order valence-electron chi connectivity index (χ3n) is 5.85. The van der Waals surface area contributed by atoms with Crippen molar-refractivity contribution in [3.8, 4) is 0 Å². The first-order valence-corrected chi connectivity index (χ1v) is 9.94. The Morgan fingerprint density at radius 2 is 1.81 bits per heavy atom. The predicted octanol–water partition coefficient (Wildman–Crippen LogP) is 2.35. The molecule has 0 aliphatic carbocycles. The number of epoxide rings is 1. The second-order valence-electron chi connectivity index (χ2n) is 7.44. The normalized spacial score (nSPS) is 41.0. The average molecular weight is 400 g/mol. The quantitative estimate of drug-likeness (QED) is 0.487. The molecule has 2 aromatic heterocycles. The molecule has 5 rings (SSSR count). The summed E-state index contributed by atoms with van der Waals surface area (Å²) in [7, 11) is 4.10. The molecule has 0 amide bonds. The van der Waals surface area contributed by atoms with Gasteiger partial charge in [0.15, 0.2) is 0 Å². The average Bonchev–Trinajstić information content (AvgIpc) is 3.40. The number of likely N-dealkylation sites (N-methyl/N-ethyl adjacent to an activating group) is 1. The molecule has 3 fully saturated rings. The molecular formula is C19H22NO4S2+. The topological polar surface area (TPSA) is 59.1 Å². The summed E-state index contributed by atoms with van der Waals surface area (Å²) in [6, 6.07) is -2.24. The molecule has 4 unspecified atom stereocenters. The maximum Gasteiger partial charge on any atom is 0.349 e. The van der Waals surface area contributed by atoms with Crippen molar-refractivity contribution in [2.75, 3.05) is 14.1 Å². The molecule has 1 N–H and O–H groups in total. The van der Waals surface area contributed by atoms with Crippen molar-refractivity contribution in [1.29, 1.82) is 0 Å². The summed E-state index contributed by atoms with van der Waals surface area (Å²) in [5.74, 6) is -1.30. The first-order valence-electron chi connectivity index (χ1n) is 11.8. The Morgan fingerprint density at radius 3 is 2.27 bits per heavy atom. The highest BCUT2D eigenvalue weighted by atomic mass is 32.1. The van der Waals surface area contributed by atoms with E-state index in [1.54, 1.807) is 0 Å². The van der Waals surface area contributed by atoms with E-state index in [2.05, 4.69) is 14.1 Å². The van der Waals surface area contributed by atoms with Crippen LogP contribution in [0.2, 0.25) is 0 Å². The van der Waals surface area contributed by atoms with Crippen molar-refractivity contribution in [3.63, 3.8) is 0 Å². The minimum atomic E-state index is -2.78. The van der Waals surface area contributed by atoms with Gasteiger partial charge < -0.3 is 19.1 Å². The summed E-state index contributed by atoms with van der Waals surface area (Å²) in [6.45, 7) is 0.